The maximum absolute atomic E-state index is 12.0. The summed E-state index contributed by atoms with van der Waals surface area (Å²) in [7, 11) is 0. The summed E-state index contributed by atoms with van der Waals surface area (Å²) in [6.07, 6.45) is 0. The molecule has 0 unspecified atom stereocenters. The number of hydrazine groups is 1. The molecule has 4 heteroatoms. The maximum atomic E-state index is 12.0. The molecule has 0 aliphatic rings. The molecule has 3 N–H and O–H groups in total. The highest BCUT2D eigenvalue weighted by atomic mass is 16.2. The van der Waals surface area contributed by atoms with E-state index in [4.69, 9.17) is 5.84 Å². The molecule has 6 rings (SSSR count). The van der Waals surface area contributed by atoms with E-state index in [0.29, 0.717) is 5.56 Å². The number of amides is 1. The van der Waals surface area contributed by atoms with Crippen LogP contribution >= 0.6 is 0 Å². The van der Waals surface area contributed by atoms with Crippen molar-refractivity contribution in [2.45, 2.75) is 26.2 Å². The molecule has 0 radical (unpaired) electrons. The number of benzene rings is 6. The summed E-state index contributed by atoms with van der Waals surface area (Å²) in [5.74, 6) is 5.02. The Morgan fingerprint density at radius 1 is 0.634 bits per heavy atom. The van der Waals surface area contributed by atoms with Crippen molar-refractivity contribution in [1.82, 2.24) is 5.43 Å². The number of nitrogens with zero attached hydrogens (tertiary/aromatic N) is 1. The van der Waals surface area contributed by atoms with Gasteiger partial charge in [0.15, 0.2) is 0 Å². The van der Waals surface area contributed by atoms with Crippen LogP contribution in [-0.2, 0) is 5.41 Å². The number of hydrogen-bond donors (Lipinski definition) is 2. The third-order valence-corrected chi connectivity index (χ3v) is 7.64. The molecule has 6 aromatic carbocycles. The van der Waals surface area contributed by atoms with Gasteiger partial charge in [-0.2, -0.15) is 0 Å². The van der Waals surface area contributed by atoms with Gasteiger partial charge in [0.1, 0.15) is 0 Å². The fourth-order valence-electron chi connectivity index (χ4n) is 5.60. The number of anilines is 3. The van der Waals surface area contributed by atoms with E-state index < -0.39 is 0 Å². The molecular weight excluding hydrogens is 502 g/mol. The fourth-order valence-corrected chi connectivity index (χ4v) is 5.60. The van der Waals surface area contributed by atoms with E-state index in [1.54, 1.807) is 12.1 Å². The van der Waals surface area contributed by atoms with Crippen LogP contribution in [0.2, 0.25) is 0 Å². The zero-order valence-corrected chi connectivity index (χ0v) is 23.6. The SMILES string of the molecule is CC(C)(C)c1ccc2cc3ccccc3cc2c1-c1ccc(N(c2ccccc2)c2ccc(C(=O)NN)cc2)cc1. The van der Waals surface area contributed by atoms with E-state index in [1.165, 1.54) is 38.2 Å². The number of nitrogens with one attached hydrogen (secondary N) is 1. The van der Waals surface area contributed by atoms with Gasteiger partial charge in [0.2, 0.25) is 0 Å². The van der Waals surface area contributed by atoms with Crippen LogP contribution in [0.25, 0.3) is 32.7 Å². The number of fused-ring (bicyclic) bond motifs is 2. The average Bonchev–Trinajstić information content (AvgIpc) is 3.00. The topological polar surface area (TPSA) is 58.4 Å². The molecule has 202 valence electrons. The van der Waals surface area contributed by atoms with Gasteiger partial charge in [0.05, 0.1) is 0 Å². The smallest absolute Gasteiger partial charge is 0.265 e. The molecule has 0 atom stereocenters. The Kier molecular flexibility index (Phi) is 6.78. The molecule has 41 heavy (non-hydrogen) atoms. The molecule has 4 nitrogen and oxygen atoms in total. The summed E-state index contributed by atoms with van der Waals surface area (Å²) in [5, 5.41) is 4.99. The Labute approximate surface area is 241 Å². The van der Waals surface area contributed by atoms with Gasteiger partial charge in [-0.15, -0.1) is 0 Å². The van der Waals surface area contributed by atoms with E-state index in [-0.39, 0.29) is 11.3 Å². The second-order valence-corrected chi connectivity index (χ2v) is 11.4. The highest BCUT2D eigenvalue weighted by Gasteiger charge is 2.22. The summed E-state index contributed by atoms with van der Waals surface area (Å²) in [6.45, 7) is 6.83. The average molecular weight is 536 g/mol. The van der Waals surface area contributed by atoms with Gasteiger partial charge < -0.3 is 4.90 Å². The first kappa shape index (κ1) is 26.3. The van der Waals surface area contributed by atoms with Crippen molar-refractivity contribution >= 4 is 44.5 Å². The van der Waals surface area contributed by atoms with Crippen LogP contribution in [0.3, 0.4) is 0 Å². The predicted molar refractivity (Wildman–Crippen MR) is 172 cm³/mol. The van der Waals surface area contributed by atoms with Crippen molar-refractivity contribution in [3.05, 3.63) is 139 Å². The zero-order valence-electron chi connectivity index (χ0n) is 23.6. The molecule has 0 aliphatic carbocycles. The monoisotopic (exact) mass is 535 g/mol. The van der Waals surface area contributed by atoms with E-state index in [0.717, 1.165) is 17.1 Å². The lowest BCUT2D eigenvalue weighted by molar-refractivity contribution is 0.0953. The van der Waals surface area contributed by atoms with Gasteiger partial charge in [-0.3, -0.25) is 10.2 Å². The summed E-state index contributed by atoms with van der Waals surface area (Å²) in [5.41, 5.74) is 9.47. The number of hydrogen-bond acceptors (Lipinski definition) is 3. The predicted octanol–water partition coefficient (Wildman–Crippen LogP) is 9.03. The Hall–Kier alpha value is -4.93. The van der Waals surface area contributed by atoms with Crippen LogP contribution in [0.1, 0.15) is 36.7 Å². The maximum Gasteiger partial charge on any atom is 0.265 e. The van der Waals surface area contributed by atoms with Crippen molar-refractivity contribution < 1.29 is 4.79 Å². The van der Waals surface area contributed by atoms with Crippen molar-refractivity contribution in [3.8, 4) is 11.1 Å². The minimum absolute atomic E-state index is 0.0263. The van der Waals surface area contributed by atoms with Gasteiger partial charge in [0, 0.05) is 22.6 Å². The summed E-state index contributed by atoms with van der Waals surface area (Å²) in [6, 6.07) is 44.2. The molecule has 0 bridgehead atoms. The first-order valence-electron chi connectivity index (χ1n) is 13.9. The third-order valence-electron chi connectivity index (χ3n) is 7.64. The molecule has 1 amide bonds. The van der Waals surface area contributed by atoms with Gasteiger partial charge in [-0.1, -0.05) is 87.5 Å². The van der Waals surface area contributed by atoms with E-state index in [2.05, 4.69) is 116 Å². The minimum atomic E-state index is -0.315. The molecule has 0 saturated heterocycles. The number of carbonyl (C=O) groups is 1. The van der Waals surface area contributed by atoms with Crippen molar-refractivity contribution in [3.63, 3.8) is 0 Å². The number of nitrogen functional groups attached to an aromatic ring is 1. The summed E-state index contributed by atoms with van der Waals surface area (Å²) < 4.78 is 0. The van der Waals surface area contributed by atoms with E-state index in [9.17, 15) is 4.79 Å². The number of carbonyl (C=O) groups excluding carboxylic acids is 1. The number of rotatable bonds is 5. The second kappa shape index (κ2) is 10.6. The lowest BCUT2D eigenvalue weighted by atomic mass is 9.79. The molecule has 0 aliphatic heterocycles. The summed E-state index contributed by atoms with van der Waals surface area (Å²) >= 11 is 0. The Morgan fingerprint density at radius 3 is 1.80 bits per heavy atom. The van der Waals surface area contributed by atoms with Crippen LogP contribution in [0, 0.1) is 0 Å². The lowest BCUT2D eigenvalue weighted by Crippen LogP contribution is -2.29. The summed E-state index contributed by atoms with van der Waals surface area (Å²) in [4.78, 5) is 14.2. The van der Waals surface area contributed by atoms with Gasteiger partial charge >= 0.3 is 0 Å². The second-order valence-electron chi connectivity index (χ2n) is 11.4. The largest absolute Gasteiger partial charge is 0.311 e. The Balaban J connectivity index is 1.49. The minimum Gasteiger partial charge on any atom is -0.311 e. The molecule has 0 spiro atoms. The van der Waals surface area contributed by atoms with Gasteiger partial charge in [-0.25, -0.2) is 5.84 Å². The first-order chi connectivity index (χ1) is 19.8. The Bertz CT molecular complexity index is 1850. The van der Waals surface area contributed by atoms with Gasteiger partial charge in [-0.05, 0) is 104 Å². The highest BCUT2D eigenvalue weighted by Crippen LogP contribution is 2.41. The van der Waals surface area contributed by atoms with E-state index in [1.807, 2.05) is 30.3 Å². The van der Waals surface area contributed by atoms with Gasteiger partial charge in [0.25, 0.3) is 5.91 Å². The lowest BCUT2D eigenvalue weighted by Gasteiger charge is -2.27. The quantitative estimate of drug-likeness (QED) is 0.100. The van der Waals surface area contributed by atoms with Crippen molar-refractivity contribution in [1.29, 1.82) is 0 Å². The Morgan fingerprint density at radius 2 is 1.20 bits per heavy atom. The molecule has 0 saturated carbocycles. The zero-order chi connectivity index (χ0) is 28.6. The fraction of sp³-hybridized carbons (Fsp3) is 0.108. The van der Waals surface area contributed by atoms with Crippen molar-refractivity contribution in [2.75, 3.05) is 4.90 Å². The van der Waals surface area contributed by atoms with Crippen LogP contribution < -0.4 is 16.2 Å². The van der Waals surface area contributed by atoms with Crippen LogP contribution in [0.15, 0.2) is 127 Å². The molecular formula is C37H33N3O. The van der Waals surface area contributed by atoms with Crippen molar-refractivity contribution in [2.24, 2.45) is 5.84 Å². The highest BCUT2D eigenvalue weighted by molar-refractivity contribution is 6.06. The molecule has 0 heterocycles. The number of para-hydroxylation sites is 1. The number of nitrogens with two attached hydrogens (primary N) is 1. The van der Waals surface area contributed by atoms with Crippen LogP contribution in [-0.4, -0.2) is 5.91 Å². The molecule has 6 aromatic rings. The third kappa shape index (κ3) is 5.06. The normalized spacial score (nSPS) is 11.5. The van der Waals surface area contributed by atoms with E-state index >= 15 is 0 Å². The van der Waals surface area contributed by atoms with Crippen LogP contribution in [0.5, 0.6) is 0 Å². The molecule has 0 fully saturated rings. The molecule has 0 aromatic heterocycles. The standard InChI is InChI=1S/C37H33N3O/c1-37(2,3)34-22-17-29-23-27-9-7-8-10-28(27)24-33(29)35(34)25-13-18-31(19-14-25)40(30-11-5-4-6-12-30)32-20-15-26(16-21-32)36(41)39-38/h4-24H,38H2,1-3H3,(H,39,41). The van der Waals surface area contributed by atoms with Crippen LogP contribution in [0.4, 0.5) is 17.1 Å². The first-order valence-corrected chi connectivity index (χ1v) is 13.9.